The molecule has 2 aromatic rings. The highest BCUT2D eigenvalue weighted by molar-refractivity contribution is 6.32. The molecule has 2 amide bonds. The van der Waals surface area contributed by atoms with Crippen molar-refractivity contribution in [1.82, 2.24) is 30.4 Å². The number of aromatic nitrogens is 2. The molecule has 3 fully saturated rings. The Morgan fingerprint density at radius 1 is 1.17 bits per heavy atom. The summed E-state index contributed by atoms with van der Waals surface area (Å²) >= 11 is 6.56. The number of piperazine rings is 1. The van der Waals surface area contributed by atoms with Gasteiger partial charge in [0.2, 0.25) is 5.91 Å². The Labute approximate surface area is 246 Å². The maximum atomic E-state index is 12.8. The number of piperidine rings is 2. The minimum absolute atomic E-state index is 0.00299. The molecule has 5 rings (SSSR count). The first-order valence-corrected chi connectivity index (χ1v) is 14.9. The molecule has 3 aliphatic rings. The van der Waals surface area contributed by atoms with Gasteiger partial charge in [0.1, 0.15) is 6.04 Å². The summed E-state index contributed by atoms with van der Waals surface area (Å²) in [5.41, 5.74) is 8.05. The van der Waals surface area contributed by atoms with E-state index in [-0.39, 0.29) is 22.6 Å². The zero-order chi connectivity index (χ0) is 28.9. The van der Waals surface area contributed by atoms with Crippen LogP contribution in [-0.2, 0) is 11.3 Å². The molecule has 4 heterocycles. The van der Waals surface area contributed by atoms with Crippen LogP contribution >= 0.6 is 11.6 Å². The number of carbonyl (C=O) groups excluding carboxylic acids is 2. The summed E-state index contributed by atoms with van der Waals surface area (Å²) in [6.07, 6.45) is 4.58. The van der Waals surface area contributed by atoms with Crippen molar-refractivity contribution in [3.63, 3.8) is 0 Å². The zero-order valence-electron chi connectivity index (χ0n) is 23.5. The lowest BCUT2D eigenvalue weighted by Gasteiger charge is -2.47. The standard InChI is InChI=1S/C29H38ClN9O2/c1-2-21-18-38(27-25(30)35-24(26(32)36-27)29(41)34-23-4-3-11-33-28(23)40)14-15-39(21)22-9-12-37(13-10-22)17-20-7-5-19(16-31)6-8-20/h5-8,21-23H,2-4,9-15,17-18H2,1H3,(H2,32,36)(H,33,40)(H,34,41)/t21-,23+/m0/s1. The van der Waals surface area contributed by atoms with Crippen LogP contribution in [0.25, 0.3) is 0 Å². The Balaban J connectivity index is 1.17. The van der Waals surface area contributed by atoms with Gasteiger partial charge < -0.3 is 21.3 Å². The van der Waals surface area contributed by atoms with Gasteiger partial charge >= 0.3 is 0 Å². The van der Waals surface area contributed by atoms with Gasteiger partial charge in [-0.15, -0.1) is 0 Å². The molecule has 4 N–H and O–H groups in total. The van der Waals surface area contributed by atoms with Crippen LogP contribution in [0, 0.1) is 11.3 Å². The number of nitrogens with one attached hydrogen (secondary N) is 2. The molecule has 0 saturated carbocycles. The van der Waals surface area contributed by atoms with Crippen LogP contribution < -0.4 is 21.3 Å². The zero-order valence-corrected chi connectivity index (χ0v) is 24.2. The molecule has 0 aliphatic carbocycles. The van der Waals surface area contributed by atoms with Crippen LogP contribution in [0.2, 0.25) is 5.15 Å². The van der Waals surface area contributed by atoms with E-state index >= 15 is 0 Å². The number of amides is 2. The Bertz CT molecular complexity index is 1290. The first-order chi connectivity index (χ1) is 19.9. The fourth-order valence-electron chi connectivity index (χ4n) is 6.18. The van der Waals surface area contributed by atoms with E-state index in [1.165, 1.54) is 5.56 Å². The molecule has 218 valence electrons. The van der Waals surface area contributed by atoms with Gasteiger partial charge in [-0.3, -0.25) is 19.4 Å². The lowest BCUT2D eigenvalue weighted by molar-refractivity contribution is -0.124. The molecule has 0 bridgehead atoms. The van der Waals surface area contributed by atoms with E-state index in [9.17, 15) is 9.59 Å². The summed E-state index contributed by atoms with van der Waals surface area (Å²) in [5, 5.41) is 14.6. The lowest BCUT2D eigenvalue weighted by Crippen LogP contribution is -2.58. The van der Waals surface area contributed by atoms with Crippen LogP contribution in [0.3, 0.4) is 0 Å². The van der Waals surface area contributed by atoms with Crippen LogP contribution in [0.5, 0.6) is 0 Å². The highest BCUT2D eigenvalue weighted by Crippen LogP contribution is 2.30. The molecule has 41 heavy (non-hydrogen) atoms. The SMILES string of the molecule is CC[C@H]1CN(c2nc(N)c(C(=O)N[C@@H]3CCCNC3=O)nc2Cl)CCN1C1CCN(Cc2ccc(C#N)cc2)CC1. The highest BCUT2D eigenvalue weighted by atomic mass is 35.5. The smallest absolute Gasteiger partial charge is 0.274 e. The van der Waals surface area contributed by atoms with Gasteiger partial charge in [0.05, 0.1) is 11.6 Å². The maximum Gasteiger partial charge on any atom is 0.274 e. The summed E-state index contributed by atoms with van der Waals surface area (Å²) in [5.74, 6) is -0.263. The van der Waals surface area contributed by atoms with Crippen LogP contribution in [0.15, 0.2) is 24.3 Å². The van der Waals surface area contributed by atoms with Gasteiger partial charge in [0, 0.05) is 44.8 Å². The van der Waals surface area contributed by atoms with Gasteiger partial charge in [0.25, 0.3) is 5.91 Å². The number of nitrogens with zero attached hydrogens (tertiary/aromatic N) is 6. The summed E-state index contributed by atoms with van der Waals surface area (Å²) in [4.78, 5) is 40.9. The van der Waals surface area contributed by atoms with E-state index in [0.717, 1.165) is 65.0 Å². The number of halogens is 1. The average molecular weight is 580 g/mol. The highest BCUT2D eigenvalue weighted by Gasteiger charge is 2.35. The van der Waals surface area contributed by atoms with Crippen molar-refractivity contribution in [2.24, 2.45) is 0 Å². The summed E-state index contributed by atoms with van der Waals surface area (Å²) < 4.78 is 0. The maximum absolute atomic E-state index is 12.8. The number of likely N-dealkylation sites (tertiary alicyclic amines) is 1. The van der Waals surface area contributed by atoms with Crippen molar-refractivity contribution in [2.75, 3.05) is 49.9 Å². The van der Waals surface area contributed by atoms with Crippen molar-refractivity contribution in [3.8, 4) is 6.07 Å². The number of nitrogens with two attached hydrogens (primary N) is 1. The molecule has 0 unspecified atom stereocenters. The van der Waals surface area contributed by atoms with Gasteiger partial charge in [0.15, 0.2) is 22.5 Å². The number of hydrogen-bond donors (Lipinski definition) is 3. The number of carbonyl (C=O) groups is 2. The molecule has 0 radical (unpaired) electrons. The van der Waals surface area contributed by atoms with Crippen molar-refractivity contribution in [3.05, 3.63) is 46.2 Å². The Morgan fingerprint density at radius 3 is 2.61 bits per heavy atom. The fourth-order valence-corrected chi connectivity index (χ4v) is 6.43. The third kappa shape index (κ3) is 6.72. The van der Waals surface area contributed by atoms with Crippen molar-refractivity contribution in [1.29, 1.82) is 5.26 Å². The van der Waals surface area contributed by atoms with Gasteiger partial charge in [-0.2, -0.15) is 5.26 Å². The van der Waals surface area contributed by atoms with E-state index < -0.39 is 11.9 Å². The van der Waals surface area contributed by atoms with E-state index in [1.54, 1.807) is 0 Å². The number of hydrogen-bond acceptors (Lipinski definition) is 9. The quantitative estimate of drug-likeness (QED) is 0.449. The predicted molar refractivity (Wildman–Crippen MR) is 157 cm³/mol. The normalized spacial score (nSPS) is 22.7. The van der Waals surface area contributed by atoms with Crippen LogP contribution in [0.4, 0.5) is 11.6 Å². The monoisotopic (exact) mass is 579 g/mol. The number of nitriles is 1. The first-order valence-electron chi connectivity index (χ1n) is 14.5. The molecule has 1 aromatic heterocycles. The van der Waals surface area contributed by atoms with E-state index in [2.05, 4.69) is 48.3 Å². The third-order valence-corrected chi connectivity index (χ3v) is 8.74. The van der Waals surface area contributed by atoms with Gasteiger partial charge in [-0.1, -0.05) is 30.7 Å². The predicted octanol–water partition coefficient (Wildman–Crippen LogP) is 2.16. The molecule has 2 atom stereocenters. The number of rotatable bonds is 7. The molecule has 0 spiro atoms. The van der Waals surface area contributed by atoms with Crippen molar-refractivity contribution < 1.29 is 9.59 Å². The average Bonchev–Trinajstić information content (AvgIpc) is 2.99. The minimum atomic E-state index is -0.614. The molecular weight excluding hydrogens is 542 g/mol. The molecule has 3 saturated heterocycles. The molecule has 3 aliphatic heterocycles. The number of anilines is 2. The summed E-state index contributed by atoms with van der Waals surface area (Å²) in [6.45, 7) is 8.19. The Hall–Kier alpha value is -3.46. The molecule has 11 nitrogen and oxygen atoms in total. The summed E-state index contributed by atoms with van der Waals surface area (Å²) in [6, 6.07) is 10.3. The fraction of sp³-hybridized carbons (Fsp3) is 0.552. The molecule has 12 heteroatoms. The lowest BCUT2D eigenvalue weighted by atomic mass is 9.97. The second-order valence-electron chi connectivity index (χ2n) is 11.1. The first kappa shape index (κ1) is 29.0. The van der Waals surface area contributed by atoms with Gasteiger partial charge in [-0.25, -0.2) is 9.97 Å². The van der Waals surface area contributed by atoms with Crippen molar-refractivity contribution in [2.45, 2.75) is 63.7 Å². The largest absolute Gasteiger partial charge is 0.382 e. The molecular formula is C29H38ClN9O2. The Kier molecular flexibility index (Phi) is 9.22. The van der Waals surface area contributed by atoms with Gasteiger partial charge in [-0.05, 0) is 62.9 Å². The minimum Gasteiger partial charge on any atom is -0.382 e. The van der Waals surface area contributed by atoms with Crippen molar-refractivity contribution >= 4 is 35.1 Å². The van der Waals surface area contributed by atoms with E-state index in [4.69, 9.17) is 22.6 Å². The second kappa shape index (κ2) is 13.0. The summed E-state index contributed by atoms with van der Waals surface area (Å²) in [7, 11) is 0. The van der Waals surface area contributed by atoms with E-state index in [1.807, 2.05) is 24.3 Å². The molecule has 1 aromatic carbocycles. The topological polar surface area (TPSA) is 144 Å². The Morgan fingerprint density at radius 2 is 1.93 bits per heavy atom. The third-order valence-electron chi connectivity index (χ3n) is 8.48. The number of benzene rings is 1. The second-order valence-corrected chi connectivity index (χ2v) is 11.5. The van der Waals surface area contributed by atoms with E-state index in [0.29, 0.717) is 36.4 Å². The number of nitrogen functional groups attached to an aromatic ring is 1. The van der Waals surface area contributed by atoms with Crippen LogP contribution in [-0.4, -0.2) is 89.0 Å². The van der Waals surface area contributed by atoms with Crippen LogP contribution in [0.1, 0.15) is 60.6 Å².